The molecule has 30 heavy (non-hydrogen) atoms. The van der Waals surface area contributed by atoms with Crippen molar-refractivity contribution in [3.05, 3.63) is 70.3 Å². The number of likely N-dealkylation sites (tertiary alicyclic amines) is 1. The Bertz CT molecular complexity index is 939. The summed E-state index contributed by atoms with van der Waals surface area (Å²) in [4.78, 5) is 48.8. The third kappa shape index (κ3) is 5.40. The molecule has 1 fully saturated rings. The summed E-state index contributed by atoms with van der Waals surface area (Å²) < 4.78 is 0. The fourth-order valence-electron chi connectivity index (χ4n) is 3.29. The van der Waals surface area contributed by atoms with E-state index in [1.54, 1.807) is 4.90 Å². The van der Waals surface area contributed by atoms with E-state index in [1.807, 2.05) is 30.3 Å². The van der Waals surface area contributed by atoms with E-state index >= 15 is 0 Å². The van der Waals surface area contributed by atoms with Gasteiger partial charge in [0.25, 0.3) is 11.6 Å². The number of benzene rings is 2. The fourth-order valence-corrected chi connectivity index (χ4v) is 3.29. The van der Waals surface area contributed by atoms with Gasteiger partial charge >= 0.3 is 0 Å². The van der Waals surface area contributed by atoms with Crippen LogP contribution in [-0.2, 0) is 9.59 Å². The van der Waals surface area contributed by atoms with Crippen molar-refractivity contribution in [2.45, 2.75) is 12.8 Å². The van der Waals surface area contributed by atoms with Gasteiger partial charge in [-0.25, -0.2) is 0 Å². The van der Waals surface area contributed by atoms with Crippen molar-refractivity contribution in [3.63, 3.8) is 0 Å². The molecule has 1 aliphatic heterocycles. The first kappa shape index (κ1) is 21.0. The Labute approximate surface area is 173 Å². The Hall–Kier alpha value is -3.75. The van der Waals surface area contributed by atoms with Crippen molar-refractivity contribution in [1.82, 2.24) is 10.2 Å². The highest BCUT2D eigenvalue weighted by Crippen LogP contribution is 2.19. The van der Waals surface area contributed by atoms with Crippen molar-refractivity contribution < 1.29 is 19.3 Å². The van der Waals surface area contributed by atoms with Gasteiger partial charge in [-0.15, -0.1) is 0 Å². The molecule has 1 saturated heterocycles. The molecule has 1 heterocycles. The van der Waals surface area contributed by atoms with Gasteiger partial charge in [0.1, 0.15) is 0 Å². The van der Waals surface area contributed by atoms with Crippen LogP contribution in [0, 0.1) is 16.0 Å². The molecule has 9 heteroatoms. The summed E-state index contributed by atoms with van der Waals surface area (Å²) in [6.07, 6.45) is 1.09. The van der Waals surface area contributed by atoms with Gasteiger partial charge in [0.2, 0.25) is 11.8 Å². The molecule has 0 radical (unpaired) electrons. The minimum absolute atomic E-state index is 0.0627. The number of carbonyl (C=O) groups excluding carboxylic acids is 3. The number of nitrogens with one attached hydrogen (secondary N) is 2. The molecule has 0 aliphatic carbocycles. The second kappa shape index (κ2) is 9.64. The number of anilines is 1. The summed E-state index contributed by atoms with van der Waals surface area (Å²) in [5.74, 6) is -1.04. The largest absolute Gasteiger partial charge is 0.343 e. The Kier molecular flexibility index (Phi) is 6.74. The molecule has 1 aliphatic rings. The van der Waals surface area contributed by atoms with Crippen LogP contribution in [0.25, 0.3) is 0 Å². The monoisotopic (exact) mass is 410 g/mol. The highest BCUT2D eigenvalue weighted by atomic mass is 16.6. The van der Waals surface area contributed by atoms with Gasteiger partial charge in [0.15, 0.2) is 0 Å². The number of nitrogens with zero attached hydrogens (tertiary/aromatic N) is 2. The second-order valence-corrected chi connectivity index (χ2v) is 7.00. The van der Waals surface area contributed by atoms with Crippen LogP contribution in [0.15, 0.2) is 54.6 Å². The van der Waals surface area contributed by atoms with Crippen molar-refractivity contribution >= 4 is 29.1 Å². The van der Waals surface area contributed by atoms with E-state index in [9.17, 15) is 24.5 Å². The SMILES string of the molecule is O=C(NCC(=O)N1CCC(C(=O)Nc2ccccc2)CC1)c1cccc([N+](=O)[O-])c1. The molecular weight excluding hydrogens is 388 g/mol. The Balaban J connectivity index is 1.45. The maximum atomic E-state index is 12.4. The maximum absolute atomic E-state index is 12.4. The average Bonchev–Trinajstić information content (AvgIpc) is 2.78. The Morgan fingerprint density at radius 2 is 1.73 bits per heavy atom. The standard InChI is InChI=1S/C21H22N4O5/c26-19(14-22-20(27)16-5-4-8-18(13-16)25(29)30)24-11-9-15(10-12-24)21(28)23-17-6-2-1-3-7-17/h1-8,13,15H,9-12,14H2,(H,22,27)(H,23,28). The summed E-state index contributed by atoms with van der Waals surface area (Å²) in [7, 11) is 0. The molecule has 0 spiro atoms. The molecule has 2 aromatic rings. The third-order valence-corrected chi connectivity index (χ3v) is 4.98. The molecule has 2 aromatic carbocycles. The molecule has 9 nitrogen and oxygen atoms in total. The molecule has 2 N–H and O–H groups in total. The fraction of sp³-hybridized carbons (Fsp3) is 0.286. The van der Waals surface area contributed by atoms with Gasteiger partial charge in [0, 0.05) is 42.4 Å². The first-order valence-corrected chi connectivity index (χ1v) is 9.60. The van der Waals surface area contributed by atoms with Crippen LogP contribution < -0.4 is 10.6 Å². The van der Waals surface area contributed by atoms with Gasteiger partial charge in [-0.2, -0.15) is 0 Å². The molecule has 0 saturated carbocycles. The van der Waals surface area contributed by atoms with Crippen molar-refractivity contribution in [1.29, 1.82) is 0 Å². The van der Waals surface area contributed by atoms with Gasteiger partial charge in [0.05, 0.1) is 11.5 Å². The number of para-hydroxylation sites is 1. The number of nitro groups is 1. The summed E-state index contributed by atoms with van der Waals surface area (Å²) in [6.45, 7) is 0.652. The van der Waals surface area contributed by atoms with E-state index in [-0.39, 0.29) is 35.5 Å². The topological polar surface area (TPSA) is 122 Å². The average molecular weight is 410 g/mol. The normalized spacial score (nSPS) is 14.1. The van der Waals surface area contributed by atoms with E-state index < -0.39 is 10.8 Å². The Morgan fingerprint density at radius 3 is 2.40 bits per heavy atom. The molecule has 0 atom stereocenters. The highest BCUT2D eigenvalue weighted by molar-refractivity contribution is 5.97. The summed E-state index contributed by atoms with van der Waals surface area (Å²) in [5.41, 5.74) is 0.669. The van der Waals surface area contributed by atoms with E-state index in [0.717, 1.165) is 11.8 Å². The number of hydrogen-bond donors (Lipinski definition) is 2. The highest BCUT2D eigenvalue weighted by Gasteiger charge is 2.27. The number of amides is 3. The first-order chi connectivity index (χ1) is 14.4. The summed E-state index contributed by atoms with van der Waals surface area (Å²) in [5, 5.41) is 16.2. The predicted octanol–water partition coefficient (Wildman–Crippen LogP) is 2.20. The molecular formula is C21H22N4O5. The lowest BCUT2D eigenvalue weighted by Gasteiger charge is -2.31. The lowest BCUT2D eigenvalue weighted by Crippen LogP contribution is -2.45. The number of non-ortho nitro benzene ring substituents is 1. The zero-order valence-electron chi connectivity index (χ0n) is 16.2. The van der Waals surface area contributed by atoms with Gasteiger partial charge in [-0.05, 0) is 31.0 Å². The van der Waals surface area contributed by atoms with Crippen molar-refractivity contribution in [2.75, 3.05) is 25.0 Å². The number of nitro benzene ring substituents is 1. The summed E-state index contributed by atoms with van der Waals surface area (Å²) >= 11 is 0. The Morgan fingerprint density at radius 1 is 1.03 bits per heavy atom. The second-order valence-electron chi connectivity index (χ2n) is 7.00. The van der Waals surface area contributed by atoms with E-state index in [2.05, 4.69) is 10.6 Å². The zero-order chi connectivity index (χ0) is 21.5. The summed E-state index contributed by atoms with van der Waals surface area (Å²) in [6, 6.07) is 14.5. The van der Waals surface area contributed by atoms with Crippen LogP contribution in [0.4, 0.5) is 11.4 Å². The number of carbonyl (C=O) groups is 3. The van der Waals surface area contributed by atoms with Gasteiger partial charge in [-0.3, -0.25) is 24.5 Å². The predicted molar refractivity (Wildman–Crippen MR) is 110 cm³/mol. The molecule has 3 rings (SSSR count). The van der Waals surface area contributed by atoms with E-state index in [1.165, 1.54) is 18.2 Å². The maximum Gasteiger partial charge on any atom is 0.270 e. The van der Waals surface area contributed by atoms with Crippen LogP contribution in [0.3, 0.4) is 0 Å². The van der Waals surface area contributed by atoms with Crippen LogP contribution in [-0.4, -0.2) is 47.2 Å². The minimum Gasteiger partial charge on any atom is -0.343 e. The van der Waals surface area contributed by atoms with Crippen LogP contribution in [0.1, 0.15) is 23.2 Å². The lowest BCUT2D eigenvalue weighted by atomic mass is 9.95. The molecule has 0 aromatic heterocycles. The quantitative estimate of drug-likeness (QED) is 0.558. The third-order valence-electron chi connectivity index (χ3n) is 4.98. The van der Waals surface area contributed by atoms with Crippen LogP contribution in [0.2, 0.25) is 0 Å². The van der Waals surface area contributed by atoms with E-state index in [0.29, 0.717) is 25.9 Å². The number of rotatable bonds is 6. The number of hydrogen-bond acceptors (Lipinski definition) is 5. The number of piperidine rings is 1. The molecule has 3 amide bonds. The zero-order valence-corrected chi connectivity index (χ0v) is 16.2. The smallest absolute Gasteiger partial charge is 0.270 e. The van der Waals surface area contributed by atoms with Gasteiger partial charge < -0.3 is 15.5 Å². The molecule has 0 bridgehead atoms. The molecule has 0 unspecified atom stereocenters. The molecule has 156 valence electrons. The van der Waals surface area contributed by atoms with E-state index in [4.69, 9.17) is 0 Å². The van der Waals surface area contributed by atoms with Gasteiger partial charge in [-0.1, -0.05) is 24.3 Å². The van der Waals surface area contributed by atoms with Crippen molar-refractivity contribution in [3.8, 4) is 0 Å². The van der Waals surface area contributed by atoms with Crippen LogP contribution >= 0.6 is 0 Å². The van der Waals surface area contributed by atoms with Crippen molar-refractivity contribution in [2.24, 2.45) is 5.92 Å². The van der Waals surface area contributed by atoms with Crippen LogP contribution in [0.5, 0.6) is 0 Å². The first-order valence-electron chi connectivity index (χ1n) is 9.60. The minimum atomic E-state index is -0.583. The lowest BCUT2D eigenvalue weighted by molar-refractivity contribution is -0.384.